The Morgan fingerprint density at radius 1 is 1.29 bits per heavy atom. The van der Waals surface area contributed by atoms with Crippen molar-refractivity contribution in [3.8, 4) is 10.4 Å². The monoisotopic (exact) mass is 522 g/mol. The van der Waals surface area contributed by atoms with Crippen LogP contribution in [0.15, 0.2) is 50.9 Å². The first kappa shape index (κ1) is 19.2. The first-order valence-electron chi connectivity index (χ1n) is 8.24. The van der Waals surface area contributed by atoms with Gasteiger partial charge in [-0.3, -0.25) is 4.79 Å². The van der Waals surface area contributed by atoms with E-state index in [1.54, 1.807) is 22.2 Å². The number of pyridine rings is 1. The maximum absolute atomic E-state index is 13.4. The Morgan fingerprint density at radius 2 is 2.04 bits per heavy atom. The van der Waals surface area contributed by atoms with Crippen molar-refractivity contribution < 1.29 is 9.18 Å². The van der Waals surface area contributed by atoms with E-state index in [-0.39, 0.29) is 12.5 Å². The molecule has 0 aliphatic heterocycles. The Hall–Kier alpha value is -2.10. The number of halogens is 3. The van der Waals surface area contributed by atoms with Gasteiger partial charge in [-0.1, -0.05) is 6.07 Å². The Bertz CT molecular complexity index is 1170. The van der Waals surface area contributed by atoms with Crippen molar-refractivity contribution >= 4 is 65.8 Å². The molecule has 1 N–H and O–H groups in total. The van der Waals surface area contributed by atoms with Crippen LogP contribution < -0.4 is 5.32 Å². The Kier molecular flexibility index (Phi) is 5.31. The number of hydrogen-bond donors (Lipinski definition) is 1. The fourth-order valence-corrected chi connectivity index (χ4v) is 5.09. The second-order valence-corrected chi connectivity index (χ2v) is 8.73. The maximum atomic E-state index is 13.4. The summed E-state index contributed by atoms with van der Waals surface area (Å²) in [5.74, 6) is -0.698. The third-order valence-corrected chi connectivity index (χ3v) is 6.31. The Balaban J connectivity index is 1.66. The van der Waals surface area contributed by atoms with E-state index in [9.17, 15) is 9.18 Å². The maximum Gasteiger partial charge on any atom is 0.246 e. The van der Waals surface area contributed by atoms with E-state index >= 15 is 0 Å². The smallest absolute Gasteiger partial charge is 0.246 e. The largest absolute Gasteiger partial charge is 0.323 e. The molecule has 0 unspecified atom stereocenters. The predicted octanol–water partition coefficient (Wildman–Crippen LogP) is 5.77. The molecule has 4 rings (SSSR count). The fraction of sp³-hybridized carbons (Fsp3) is 0.105. The van der Waals surface area contributed by atoms with Crippen LogP contribution in [-0.2, 0) is 11.3 Å². The van der Waals surface area contributed by atoms with Gasteiger partial charge < -0.3 is 5.32 Å². The van der Waals surface area contributed by atoms with Crippen molar-refractivity contribution in [2.24, 2.45) is 0 Å². The highest BCUT2D eigenvalue weighted by Crippen LogP contribution is 2.33. The van der Waals surface area contributed by atoms with Crippen LogP contribution in [0.3, 0.4) is 0 Å². The average molecular weight is 524 g/mol. The number of amides is 1. The van der Waals surface area contributed by atoms with Crippen LogP contribution in [0.2, 0.25) is 0 Å². The molecule has 142 valence electrons. The second-order valence-electron chi connectivity index (χ2n) is 6.07. The molecule has 3 aromatic heterocycles. The van der Waals surface area contributed by atoms with E-state index in [4.69, 9.17) is 0 Å². The van der Waals surface area contributed by atoms with Gasteiger partial charge in [0.15, 0.2) is 5.65 Å². The molecule has 0 atom stereocenters. The third-order valence-electron chi connectivity index (χ3n) is 4.16. The fourth-order valence-electron chi connectivity index (χ4n) is 3.01. The number of carbonyl (C=O) groups is 1. The standard InChI is InChI=1S/C19H13Br2FN4OS/c1-10-17-12(15-3-2-6-28-15)4-5-23-19(17)26(25-10)9-16(27)24-18-13(20)7-11(22)8-14(18)21/h2-8H,9H2,1H3,(H,24,27). The number of anilines is 1. The zero-order chi connectivity index (χ0) is 19.8. The number of aromatic nitrogens is 3. The molecule has 0 radical (unpaired) electrons. The lowest BCUT2D eigenvalue weighted by Gasteiger charge is -2.10. The summed E-state index contributed by atoms with van der Waals surface area (Å²) in [6.07, 6.45) is 1.72. The minimum Gasteiger partial charge on any atom is -0.323 e. The number of fused-ring (bicyclic) bond motifs is 1. The quantitative estimate of drug-likeness (QED) is 0.369. The molecule has 0 spiro atoms. The number of nitrogens with zero attached hydrogens (tertiary/aromatic N) is 3. The molecule has 3 heterocycles. The summed E-state index contributed by atoms with van der Waals surface area (Å²) in [7, 11) is 0. The van der Waals surface area contributed by atoms with Crippen LogP contribution >= 0.6 is 43.2 Å². The van der Waals surface area contributed by atoms with E-state index in [1.807, 2.05) is 30.5 Å². The number of benzene rings is 1. The summed E-state index contributed by atoms with van der Waals surface area (Å²) < 4.78 is 15.9. The van der Waals surface area contributed by atoms with Gasteiger partial charge in [-0.25, -0.2) is 14.1 Å². The molecule has 0 aliphatic carbocycles. The third kappa shape index (κ3) is 3.61. The van der Waals surface area contributed by atoms with Crippen molar-refractivity contribution in [2.75, 3.05) is 5.32 Å². The van der Waals surface area contributed by atoms with Crippen molar-refractivity contribution in [2.45, 2.75) is 13.5 Å². The van der Waals surface area contributed by atoms with Gasteiger partial charge in [-0.2, -0.15) is 5.10 Å². The van der Waals surface area contributed by atoms with Crippen LogP contribution in [-0.4, -0.2) is 20.7 Å². The first-order chi connectivity index (χ1) is 13.4. The van der Waals surface area contributed by atoms with Crippen molar-refractivity contribution in [1.82, 2.24) is 14.8 Å². The van der Waals surface area contributed by atoms with Crippen molar-refractivity contribution in [3.63, 3.8) is 0 Å². The predicted molar refractivity (Wildman–Crippen MR) is 116 cm³/mol. The van der Waals surface area contributed by atoms with Crippen LogP contribution in [0.1, 0.15) is 5.69 Å². The molecule has 0 fully saturated rings. The summed E-state index contributed by atoms with van der Waals surface area (Å²) in [5.41, 5.74) is 2.97. The van der Waals surface area contributed by atoms with E-state index in [0.717, 1.165) is 21.5 Å². The molecule has 0 saturated heterocycles. The number of carbonyl (C=O) groups excluding carboxylic acids is 1. The zero-order valence-corrected chi connectivity index (χ0v) is 18.5. The molecule has 4 aromatic rings. The first-order valence-corrected chi connectivity index (χ1v) is 10.7. The molecular formula is C19H13Br2FN4OS. The van der Waals surface area contributed by atoms with Gasteiger partial charge in [-0.05, 0) is 68.4 Å². The number of aryl methyl sites for hydroxylation is 1. The Morgan fingerprint density at radius 3 is 2.71 bits per heavy atom. The Labute approximate surface area is 180 Å². The average Bonchev–Trinajstić information content (AvgIpc) is 3.27. The number of thiophene rings is 1. The van der Waals surface area contributed by atoms with Crippen molar-refractivity contribution in [3.05, 3.63) is 62.4 Å². The van der Waals surface area contributed by atoms with Gasteiger partial charge in [0.05, 0.1) is 16.8 Å². The van der Waals surface area contributed by atoms with Crippen LogP contribution in [0, 0.1) is 12.7 Å². The molecule has 0 saturated carbocycles. The van der Waals surface area contributed by atoms with Gasteiger partial charge >= 0.3 is 0 Å². The van der Waals surface area contributed by atoms with Crippen LogP contribution in [0.5, 0.6) is 0 Å². The molecule has 9 heteroatoms. The highest BCUT2D eigenvalue weighted by molar-refractivity contribution is 9.11. The van der Waals surface area contributed by atoms with Gasteiger partial charge in [0.25, 0.3) is 0 Å². The molecule has 28 heavy (non-hydrogen) atoms. The molecule has 0 aliphatic rings. The molecular weight excluding hydrogens is 511 g/mol. The van der Waals surface area contributed by atoms with Crippen LogP contribution in [0.4, 0.5) is 10.1 Å². The topological polar surface area (TPSA) is 59.8 Å². The van der Waals surface area contributed by atoms with E-state index in [1.165, 1.54) is 12.1 Å². The SMILES string of the molecule is Cc1nn(CC(=O)Nc2c(Br)cc(F)cc2Br)c2nccc(-c3cccs3)c12. The highest BCUT2D eigenvalue weighted by atomic mass is 79.9. The number of rotatable bonds is 4. The highest BCUT2D eigenvalue weighted by Gasteiger charge is 2.17. The number of nitrogens with one attached hydrogen (secondary N) is 1. The zero-order valence-electron chi connectivity index (χ0n) is 14.5. The molecule has 1 amide bonds. The molecule has 1 aromatic carbocycles. The minimum atomic E-state index is -0.407. The van der Waals surface area contributed by atoms with Crippen LogP contribution in [0.25, 0.3) is 21.5 Å². The lowest BCUT2D eigenvalue weighted by molar-refractivity contribution is -0.116. The second kappa shape index (κ2) is 7.73. The minimum absolute atomic E-state index is 0.0124. The van der Waals surface area contributed by atoms with Gasteiger partial charge in [0.1, 0.15) is 12.4 Å². The van der Waals surface area contributed by atoms with Gasteiger partial charge in [0, 0.05) is 25.6 Å². The van der Waals surface area contributed by atoms with E-state index in [0.29, 0.717) is 20.3 Å². The van der Waals surface area contributed by atoms with E-state index < -0.39 is 5.82 Å². The summed E-state index contributed by atoms with van der Waals surface area (Å²) in [6.45, 7) is 1.89. The van der Waals surface area contributed by atoms with E-state index in [2.05, 4.69) is 47.3 Å². The molecule has 0 bridgehead atoms. The van der Waals surface area contributed by atoms with Gasteiger partial charge in [0.2, 0.25) is 5.91 Å². The summed E-state index contributed by atoms with van der Waals surface area (Å²) in [6, 6.07) is 8.59. The normalized spacial score (nSPS) is 11.1. The number of hydrogen-bond acceptors (Lipinski definition) is 4. The van der Waals surface area contributed by atoms with Crippen molar-refractivity contribution in [1.29, 1.82) is 0 Å². The summed E-state index contributed by atoms with van der Waals surface area (Å²) in [5, 5.41) is 10.3. The summed E-state index contributed by atoms with van der Waals surface area (Å²) in [4.78, 5) is 18.2. The lowest BCUT2D eigenvalue weighted by atomic mass is 10.1. The summed E-state index contributed by atoms with van der Waals surface area (Å²) >= 11 is 8.18. The lowest BCUT2D eigenvalue weighted by Crippen LogP contribution is -2.20. The van der Waals surface area contributed by atoms with Gasteiger partial charge in [-0.15, -0.1) is 11.3 Å². The molecule has 5 nitrogen and oxygen atoms in total.